The van der Waals surface area contributed by atoms with Crippen LogP contribution in [0.15, 0.2) is 59.5 Å². The third kappa shape index (κ3) is 3.98. The van der Waals surface area contributed by atoms with E-state index in [1.807, 2.05) is 37.3 Å². The van der Waals surface area contributed by atoms with Crippen LogP contribution >= 0.6 is 0 Å². The van der Waals surface area contributed by atoms with Crippen LogP contribution in [0.2, 0.25) is 0 Å². The lowest BCUT2D eigenvalue weighted by molar-refractivity contribution is -0.232. The van der Waals surface area contributed by atoms with Crippen LogP contribution in [0.4, 0.5) is 0 Å². The lowest BCUT2D eigenvalue weighted by atomic mass is 10.0. The molecule has 0 aromatic heterocycles. The Labute approximate surface area is 163 Å². The minimum absolute atomic E-state index is 0.00664. The smallest absolute Gasteiger partial charge is 0.297 e. The molecule has 28 heavy (non-hydrogen) atoms. The molecule has 0 aliphatic carbocycles. The zero-order valence-electron chi connectivity index (χ0n) is 15.3. The summed E-state index contributed by atoms with van der Waals surface area (Å²) in [5.74, 6) is 0. The predicted octanol–water partition coefficient (Wildman–Crippen LogP) is 1.77. The van der Waals surface area contributed by atoms with Crippen molar-refractivity contribution in [1.82, 2.24) is 0 Å². The summed E-state index contributed by atoms with van der Waals surface area (Å²) in [7, 11) is -4.10. The maximum absolute atomic E-state index is 12.6. The van der Waals surface area contributed by atoms with E-state index in [9.17, 15) is 13.5 Å². The number of ether oxygens (including phenoxy) is 3. The molecule has 5 atom stereocenters. The highest BCUT2D eigenvalue weighted by molar-refractivity contribution is 7.86. The van der Waals surface area contributed by atoms with Gasteiger partial charge in [-0.05, 0) is 24.6 Å². The van der Waals surface area contributed by atoms with Crippen molar-refractivity contribution >= 4 is 10.1 Å². The average Bonchev–Trinajstić information content (AvgIpc) is 3.12. The Morgan fingerprint density at radius 2 is 1.79 bits per heavy atom. The first-order valence-corrected chi connectivity index (χ1v) is 10.5. The predicted molar refractivity (Wildman–Crippen MR) is 98.9 cm³/mol. The van der Waals surface area contributed by atoms with Gasteiger partial charge in [0.1, 0.15) is 18.3 Å². The highest BCUT2D eigenvalue weighted by Gasteiger charge is 2.53. The van der Waals surface area contributed by atoms with Gasteiger partial charge in [0, 0.05) is 0 Å². The van der Waals surface area contributed by atoms with Gasteiger partial charge in [-0.2, -0.15) is 8.42 Å². The van der Waals surface area contributed by atoms with Crippen molar-refractivity contribution in [3.63, 3.8) is 0 Å². The monoisotopic (exact) mass is 406 g/mol. The number of rotatable bonds is 6. The summed E-state index contributed by atoms with van der Waals surface area (Å²) in [6.07, 6.45) is -4.64. The quantitative estimate of drug-likeness (QED) is 0.731. The maximum Gasteiger partial charge on any atom is 0.297 e. The summed E-state index contributed by atoms with van der Waals surface area (Å²) >= 11 is 0. The molecule has 0 amide bonds. The Morgan fingerprint density at radius 1 is 1.07 bits per heavy atom. The molecule has 2 aromatic carbocycles. The van der Waals surface area contributed by atoms with E-state index in [2.05, 4.69) is 0 Å². The third-order valence-corrected chi connectivity index (χ3v) is 6.20. The molecule has 8 heteroatoms. The third-order valence-electron chi connectivity index (χ3n) is 4.87. The van der Waals surface area contributed by atoms with Crippen LogP contribution in [0, 0.1) is 6.92 Å². The summed E-state index contributed by atoms with van der Waals surface area (Å²) in [6, 6.07) is 15.8. The van der Waals surface area contributed by atoms with Crippen LogP contribution < -0.4 is 0 Å². The number of hydrogen-bond acceptors (Lipinski definition) is 7. The van der Waals surface area contributed by atoms with Gasteiger partial charge in [0.25, 0.3) is 10.1 Å². The first-order chi connectivity index (χ1) is 13.4. The van der Waals surface area contributed by atoms with Gasteiger partial charge in [-0.15, -0.1) is 0 Å². The molecule has 2 heterocycles. The molecule has 2 aliphatic heterocycles. The van der Waals surface area contributed by atoms with Gasteiger partial charge in [-0.25, -0.2) is 0 Å². The summed E-state index contributed by atoms with van der Waals surface area (Å²) in [4.78, 5) is 0.00664. The molecular weight excluding hydrogens is 384 g/mol. The molecule has 0 radical (unpaired) electrons. The van der Waals surface area contributed by atoms with Gasteiger partial charge in [-0.1, -0.05) is 48.0 Å². The summed E-state index contributed by atoms with van der Waals surface area (Å²) < 4.78 is 47.6. The van der Waals surface area contributed by atoms with Crippen molar-refractivity contribution in [3.8, 4) is 0 Å². The van der Waals surface area contributed by atoms with E-state index >= 15 is 0 Å². The SMILES string of the molecule is Cc1ccc(S(=O)(=O)O[C@H]2[C@@H]3OC[C@@H](O3)[C@@H](OCc3ccccc3)[C@@H]2O)cc1. The fourth-order valence-corrected chi connectivity index (χ4v) is 4.41. The van der Waals surface area contributed by atoms with Crippen LogP contribution in [0.1, 0.15) is 11.1 Å². The molecule has 2 aromatic rings. The molecule has 2 fully saturated rings. The Kier molecular flexibility index (Phi) is 5.50. The fourth-order valence-electron chi connectivity index (χ4n) is 3.33. The molecule has 0 saturated carbocycles. The van der Waals surface area contributed by atoms with E-state index in [-0.39, 0.29) is 18.1 Å². The summed E-state index contributed by atoms with van der Waals surface area (Å²) in [5, 5.41) is 10.8. The van der Waals surface area contributed by atoms with E-state index in [0.29, 0.717) is 0 Å². The van der Waals surface area contributed by atoms with Crippen LogP contribution in [-0.2, 0) is 35.1 Å². The van der Waals surface area contributed by atoms with Crippen molar-refractivity contribution < 1.29 is 31.9 Å². The molecule has 2 bridgehead atoms. The lowest BCUT2D eigenvalue weighted by Gasteiger charge is -2.37. The Balaban J connectivity index is 1.49. The molecule has 4 rings (SSSR count). The van der Waals surface area contributed by atoms with Crippen molar-refractivity contribution in [2.45, 2.75) is 49.1 Å². The normalized spacial score (nSPS) is 29.7. The Hall–Kier alpha value is -1.81. The number of aliphatic hydroxyl groups excluding tert-OH is 1. The largest absolute Gasteiger partial charge is 0.387 e. The second-order valence-corrected chi connectivity index (χ2v) is 8.53. The van der Waals surface area contributed by atoms with Crippen molar-refractivity contribution in [1.29, 1.82) is 0 Å². The van der Waals surface area contributed by atoms with E-state index in [1.54, 1.807) is 12.1 Å². The fraction of sp³-hybridized carbons (Fsp3) is 0.400. The first-order valence-electron chi connectivity index (χ1n) is 9.05. The van der Waals surface area contributed by atoms with Gasteiger partial charge in [-0.3, -0.25) is 4.18 Å². The van der Waals surface area contributed by atoms with Crippen LogP contribution in [-0.4, -0.2) is 50.8 Å². The maximum atomic E-state index is 12.6. The van der Waals surface area contributed by atoms with E-state index < -0.39 is 40.8 Å². The Bertz CT molecular complexity index is 898. The number of aliphatic hydroxyl groups is 1. The van der Waals surface area contributed by atoms with Crippen LogP contribution in [0.5, 0.6) is 0 Å². The molecule has 0 spiro atoms. The van der Waals surface area contributed by atoms with Crippen molar-refractivity contribution in [2.24, 2.45) is 0 Å². The Morgan fingerprint density at radius 3 is 2.50 bits per heavy atom. The summed E-state index contributed by atoms with van der Waals surface area (Å²) in [5.41, 5.74) is 1.86. The second-order valence-electron chi connectivity index (χ2n) is 6.96. The van der Waals surface area contributed by atoms with Gasteiger partial charge >= 0.3 is 0 Å². The molecule has 7 nitrogen and oxygen atoms in total. The lowest BCUT2D eigenvalue weighted by Crippen LogP contribution is -2.56. The van der Waals surface area contributed by atoms with E-state index in [1.165, 1.54) is 12.1 Å². The number of aryl methyl sites for hydroxylation is 1. The standard InChI is InChI=1S/C20H22O7S/c1-13-7-9-15(10-8-13)28(22,23)27-19-17(21)18(16-12-25-20(19)26-16)24-11-14-5-3-2-4-6-14/h2-10,16-21H,11-12H2,1H3/t16-,17+,18-,19-,20-/m1/s1. The second kappa shape index (κ2) is 7.90. The van der Waals surface area contributed by atoms with Crippen LogP contribution in [0.3, 0.4) is 0 Å². The minimum Gasteiger partial charge on any atom is -0.387 e. The zero-order chi connectivity index (χ0) is 19.7. The highest BCUT2D eigenvalue weighted by atomic mass is 32.2. The van der Waals surface area contributed by atoms with Crippen molar-refractivity contribution in [3.05, 3.63) is 65.7 Å². The average molecular weight is 406 g/mol. The van der Waals surface area contributed by atoms with Gasteiger partial charge in [0.05, 0.1) is 18.1 Å². The molecule has 1 N–H and O–H groups in total. The molecule has 2 saturated heterocycles. The topological polar surface area (TPSA) is 91.3 Å². The van der Waals surface area contributed by atoms with E-state index in [4.69, 9.17) is 18.4 Å². The molecule has 0 unspecified atom stereocenters. The van der Waals surface area contributed by atoms with Crippen LogP contribution in [0.25, 0.3) is 0 Å². The zero-order valence-corrected chi connectivity index (χ0v) is 16.1. The van der Waals surface area contributed by atoms with Crippen molar-refractivity contribution in [2.75, 3.05) is 6.61 Å². The van der Waals surface area contributed by atoms with Gasteiger partial charge < -0.3 is 19.3 Å². The highest BCUT2D eigenvalue weighted by Crippen LogP contribution is 2.34. The molecule has 2 aliphatic rings. The molecule has 150 valence electrons. The summed E-state index contributed by atoms with van der Waals surface area (Å²) in [6.45, 7) is 2.31. The van der Waals surface area contributed by atoms with Gasteiger partial charge in [0.2, 0.25) is 0 Å². The molecular formula is C20H22O7S. The number of hydrogen-bond donors (Lipinski definition) is 1. The van der Waals surface area contributed by atoms with Gasteiger partial charge in [0.15, 0.2) is 12.4 Å². The van der Waals surface area contributed by atoms with E-state index in [0.717, 1.165) is 11.1 Å². The minimum atomic E-state index is -4.10. The number of benzene rings is 2. The number of fused-ring (bicyclic) bond motifs is 2. The first kappa shape index (κ1) is 19.5.